The minimum atomic E-state index is 0.660. The van der Waals surface area contributed by atoms with Gasteiger partial charge in [0.25, 0.3) is 0 Å². The fourth-order valence-electron chi connectivity index (χ4n) is 6.04. The van der Waals surface area contributed by atoms with Gasteiger partial charge in [0.1, 0.15) is 5.01 Å². The minimum absolute atomic E-state index is 0.660. The Labute approximate surface area is 273 Å². The summed E-state index contributed by atoms with van der Waals surface area (Å²) < 4.78 is 3.64. The Bertz CT molecular complexity index is 2460. The number of benzene rings is 6. The third-order valence-electron chi connectivity index (χ3n) is 8.19. The van der Waals surface area contributed by atoms with E-state index in [1.54, 1.807) is 11.3 Å². The van der Waals surface area contributed by atoms with Gasteiger partial charge in [-0.25, -0.2) is 19.9 Å². The van der Waals surface area contributed by atoms with Crippen LogP contribution in [0.5, 0.6) is 0 Å². The molecule has 4 nitrogen and oxygen atoms in total. The number of rotatable bonds is 5. The van der Waals surface area contributed by atoms with Crippen molar-refractivity contribution in [1.82, 2.24) is 19.9 Å². The molecule has 0 bridgehead atoms. The third kappa shape index (κ3) is 4.58. The highest BCUT2D eigenvalue weighted by Crippen LogP contribution is 2.46. The van der Waals surface area contributed by atoms with Crippen LogP contribution in [0.3, 0.4) is 0 Å². The number of fused-ring (bicyclic) bond motifs is 4. The first kappa shape index (κ1) is 26.8. The summed E-state index contributed by atoms with van der Waals surface area (Å²) >= 11 is 3.57. The van der Waals surface area contributed by atoms with Crippen molar-refractivity contribution in [2.24, 2.45) is 0 Å². The van der Waals surface area contributed by atoms with Gasteiger partial charge in [0.15, 0.2) is 17.5 Å². The van der Waals surface area contributed by atoms with Crippen LogP contribution in [0, 0.1) is 0 Å². The first-order valence-corrected chi connectivity index (χ1v) is 16.7. The van der Waals surface area contributed by atoms with Crippen molar-refractivity contribution in [2.75, 3.05) is 0 Å². The first-order valence-electron chi connectivity index (χ1n) is 15.1. The molecule has 0 saturated heterocycles. The molecule has 46 heavy (non-hydrogen) atoms. The second-order valence-corrected chi connectivity index (χ2v) is 13.1. The summed E-state index contributed by atoms with van der Waals surface area (Å²) in [7, 11) is 0. The number of hydrogen-bond donors (Lipinski definition) is 0. The number of thiophene rings is 1. The van der Waals surface area contributed by atoms with Crippen molar-refractivity contribution in [2.45, 2.75) is 0 Å². The zero-order valence-corrected chi connectivity index (χ0v) is 26.1. The van der Waals surface area contributed by atoms with Gasteiger partial charge < -0.3 is 0 Å². The van der Waals surface area contributed by atoms with E-state index in [0.29, 0.717) is 17.5 Å². The lowest BCUT2D eigenvalue weighted by molar-refractivity contribution is 1.08. The van der Waals surface area contributed by atoms with Gasteiger partial charge in [0.05, 0.1) is 10.2 Å². The van der Waals surface area contributed by atoms with Crippen LogP contribution >= 0.6 is 22.7 Å². The molecule has 3 aromatic heterocycles. The zero-order valence-electron chi connectivity index (χ0n) is 24.5. The van der Waals surface area contributed by atoms with E-state index in [9.17, 15) is 0 Å². The highest BCUT2D eigenvalue weighted by molar-refractivity contribution is 7.26. The van der Waals surface area contributed by atoms with Crippen LogP contribution in [-0.4, -0.2) is 19.9 Å². The lowest BCUT2D eigenvalue weighted by Gasteiger charge is -2.09. The molecule has 0 spiro atoms. The topological polar surface area (TPSA) is 51.6 Å². The Morgan fingerprint density at radius 3 is 1.59 bits per heavy atom. The SMILES string of the molecule is c1ccc(-c2nc(-c3ccccc3)nc(-c3cccc4sc5c(-c6cccc7nc(-c8ccccc8)sc67)cccc5c34)n2)cc1. The van der Waals surface area contributed by atoms with Crippen LogP contribution in [0.25, 0.3) is 86.3 Å². The molecule has 0 atom stereocenters. The van der Waals surface area contributed by atoms with Crippen LogP contribution in [-0.2, 0) is 0 Å². The number of hydrogen-bond acceptors (Lipinski definition) is 6. The van der Waals surface area contributed by atoms with Gasteiger partial charge in [-0.3, -0.25) is 0 Å². The molecule has 0 unspecified atom stereocenters. The Balaban J connectivity index is 1.26. The lowest BCUT2D eigenvalue weighted by Crippen LogP contribution is -2.00. The second-order valence-electron chi connectivity index (χ2n) is 11.0. The molecular formula is C40H24N4S2. The smallest absolute Gasteiger partial charge is 0.164 e. The van der Waals surface area contributed by atoms with Gasteiger partial charge in [-0.1, -0.05) is 133 Å². The Kier molecular flexibility index (Phi) is 6.47. The minimum Gasteiger partial charge on any atom is -0.236 e. The maximum atomic E-state index is 5.06. The molecule has 0 aliphatic carbocycles. The Morgan fingerprint density at radius 1 is 0.370 bits per heavy atom. The summed E-state index contributed by atoms with van der Waals surface area (Å²) in [5, 5.41) is 3.39. The molecule has 0 amide bonds. The predicted molar refractivity (Wildman–Crippen MR) is 193 cm³/mol. The van der Waals surface area contributed by atoms with E-state index in [-0.39, 0.29) is 0 Å². The van der Waals surface area contributed by atoms with E-state index >= 15 is 0 Å². The van der Waals surface area contributed by atoms with Crippen molar-refractivity contribution in [3.8, 4) is 55.9 Å². The van der Waals surface area contributed by atoms with E-state index in [0.717, 1.165) is 38.2 Å². The number of thiazole rings is 1. The molecule has 9 rings (SSSR count). The molecule has 0 aliphatic rings. The van der Waals surface area contributed by atoms with Crippen LogP contribution in [0.1, 0.15) is 0 Å². The van der Waals surface area contributed by atoms with Gasteiger partial charge in [0, 0.05) is 53.6 Å². The molecule has 0 saturated carbocycles. The fourth-order valence-corrected chi connectivity index (χ4v) is 8.39. The van der Waals surface area contributed by atoms with Gasteiger partial charge in [-0.05, 0) is 12.1 Å². The average Bonchev–Trinajstić information content (AvgIpc) is 3.75. The Hall–Kier alpha value is -5.56. The van der Waals surface area contributed by atoms with Gasteiger partial charge in [0.2, 0.25) is 0 Å². The van der Waals surface area contributed by atoms with Crippen LogP contribution in [0.15, 0.2) is 146 Å². The average molecular weight is 625 g/mol. The molecule has 3 heterocycles. The second kappa shape index (κ2) is 11.1. The lowest BCUT2D eigenvalue weighted by atomic mass is 10.00. The van der Waals surface area contributed by atoms with Crippen molar-refractivity contribution in [1.29, 1.82) is 0 Å². The summed E-state index contributed by atoms with van der Waals surface area (Å²) in [6.07, 6.45) is 0. The van der Waals surface area contributed by atoms with E-state index in [1.165, 1.54) is 30.6 Å². The molecule has 0 N–H and O–H groups in total. The predicted octanol–water partition coefficient (Wildman–Crippen LogP) is 11.2. The van der Waals surface area contributed by atoms with E-state index in [4.69, 9.17) is 19.9 Å². The quantitative estimate of drug-likeness (QED) is 0.191. The maximum absolute atomic E-state index is 5.06. The molecule has 6 heteroatoms. The van der Waals surface area contributed by atoms with Gasteiger partial charge in [-0.15, -0.1) is 22.7 Å². The summed E-state index contributed by atoms with van der Waals surface area (Å²) in [6.45, 7) is 0. The normalized spacial score (nSPS) is 11.5. The Morgan fingerprint density at radius 2 is 0.913 bits per heavy atom. The first-order chi connectivity index (χ1) is 22.8. The highest BCUT2D eigenvalue weighted by atomic mass is 32.1. The summed E-state index contributed by atoms with van der Waals surface area (Å²) in [6, 6.07) is 50.2. The van der Waals surface area contributed by atoms with Crippen LogP contribution < -0.4 is 0 Å². The van der Waals surface area contributed by atoms with Gasteiger partial charge in [-0.2, -0.15) is 0 Å². The molecule has 0 radical (unpaired) electrons. The summed E-state index contributed by atoms with van der Waals surface area (Å²) in [4.78, 5) is 20.1. The number of nitrogens with zero attached hydrogens (tertiary/aromatic N) is 4. The largest absolute Gasteiger partial charge is 0.236 e. The van der Waals surface area contributed by atoms with Crippen molar-refractivity contribution < 1.29 is 0 Å². The van der Waals surface area contributed by atoms with E-state index in [1.807, 2.05) is 78.1 Å². The molecule has 0 fully saturated rings. The summed E-state index contributed by atoms with van der Waals surface area (Å²) in [5.74, 6) is 1.99. The maximum Gasteiger partial charge on any atom is 0.164 e. The van der Waals surface area contributed by atoms with Crippen molar-refractivity contribution >= 4 is 53.1 Å². The monoisotopic (exact) mass is 624 g/mol. The highest BCUT2D eigenvalue weighted by Gasteiger charge is 2.19. The molecule has 0 aliphatic heterocycles. The standard InChI is InChI=1S/C40H24N4S2/c1-4-13-25(14-5-1)37-42-38(26-15-6-2-7-16-26)44-39(43-37)31-22-12-24-33-34(31)30-21-10-19-28(35(30)45-33)29-20-11-23-32-36(29)46-40(41-32)27-17-8-3-9-18-27/h1-24H. The van der Waals surface area contributed by atoms with E-state index in [2.05, 4.69) is 78.9 Å². The fraction of sp³-hybridized carbons (Fsp3) is 0. The van der Waals surface area contributed by atoms with Gasteiger partial charge >= 0.3 is 0 Å². The van der Waals surface area contributed by atoms with Crippen molar-refractivity contribution in [3.63, 3.8) is 0 Å². The van der Waals surface area contributed by atoms with E-state index < -0.39 is 0 Å². The van der Waals surface area contributed by atoms with Crippen molar-refractivity contribution in [3.05, 3.63) is 146 Å². The zero-order chi connectivity index (χ0) is 30.5. The molecule has 216 valence electrons. The molecule has 6 aromatic carbocycles. The molecule has 9 aromatic rings. The van der Waals surface area contributed by atoms with Crippen LogP contribution in [0.2, 0.25) is 0 Å². The van der Waals surface area contributed by atoms with Crippen LogP contribution in [0.4, 0.5) is 0 Å². The molecular weight excluding hydrogens is 601 g/mol. The third-order valence-corrected chi connectivity index (χ3v) is 10.5. The number of aromatic nitrogens is 4. The summed E-state index contributed by atoms with van der Waals surface area (Å²) in [5.41, 5.74) is 7.49.